The van der Waals surface area contributed by atoms with E-state index >= 15 is 0 Å². The number of fused-ring (bicyclic) bond motifs is 1. The molecule has 0 saturated carbocycles. The summed E-state index contributed by atoms with van der Waals surface area (Å²) in [7, 11) is -3.68. The van der Waals surface area contributed by atoms with E-state index in [-0.39, 0.29) is 16.4 Å². The van der Waals surface area contributed by atoms with Crippen LogP contribution in [0.25, 0.3) is 0 Å². The molecule has 0 radical (unpaired) electrons. The van der Waals surface area contributed by atoms with Crippen molar-refractivity contribution in [3.63, 3.8) is 0 Å². The zero-order chi connectivity index (χ0) is 18.9. The van der Waals surface area contributed by atoms with Gasteiger partial charge in [-0.2, -0.15) is 0 Å². The number of hydrogen-bond acceptors (Lipinski definition) is 3. The van der Waals surface area contributed by atoms with Crippen LogP contribution in [0.2, 0.25) is 0 Å². The van der Waals surface area contributed by atoms with E-state index in [9.17, 15) is 8.42 Å². The molecule has 1 atom stereocenters. The fourth-order valence-corrected chi connectivity index (χ4v) is 4.20. The number of primary sulfonamides is 1. The molecule has 0 fully saturated rings. The van der Waals surface area contributed by atoms with Crippen LogP contribution >= 0.6 is 0 Å². The summed E-state index contributed by atoms with van der Waals surface area (Å²) in [5.74, 6) is 0. The predicted molar refractivity (Wildman–Crippen MR) is 106 cm³/mol. The van der Waals surface area contributed by atoms with Gasteiger partial charge in [-0.15, -0.1) is 0 Å². The zero-order valence-corrected chi connectivity index (χ0v) is 16.6. The summed E-state index contributed by atoms with van der Waals surface area (Å²) in [5, 5.41) is 8.99. The molecule has 2 aromatic carbocycles. The lowest BCUT2D eigenvalue weighted by Gasteiger charge is -2.32. The summed E-state index contributed by atoms with van der Waals surface area (Å²) in [4.78, 5) is 0.197. The van der Waals surface area contributed by atoms with Gasteiger partial charge in [0.2, 0.25) is 10.0 Å². The van der Waals surface area contributed by atoms with Gasteiger partial charge in [0.25, 0.3) is 0 Å². The molecular formula is C21H28N2O2S. The van der Waals surface area contributed by atoms with Crippen molar-refractivity contribution >= 4 is 10.0 Å². The minimum atomic E-state index is -3.68. The first-order chi connectivity index (χ1) is 12.2. The van der Waals surface area contributed by atoms with Crippen molar-refractivity contribution in [2.75, 3.05) is 6.54 Å². The van der Waals surface area contributed by atoms with Crippen molar-refractivity contribution in [1.29, 1.82) is 0 Å². The molecule has 1 unspecified atom stereocenters. The van der Waals surface area contributed by atoms with Crippen molar-refractivity contribution in [2.24, 2.45) is 5.14 Å². The Labute approximate surface area is 156 Å². The SMILES string of the molecule is Cc1ccc(C(C)(C)CNC2CCCc3ccc(S(N)(=O)=O)cc32)cc1. The lowest BCUT2D eigenvalue weighted by Crippen LogP contribution is -2.36. The monoisotopic (exact) mass is 372 g/mol. The molecule has 26 heavy (non-hydrogen) atoms. The molecule has 5 heteroatoms. The minimum absolute atomic E-state index is 0.0110. The first kappa shape index (κ1) is 19.1. The largest absolute Gasteiger partial charge is 0.309 e. The number of nitrogens with one attached hydrogen (secondary N) is 1. The molecule has 0 aromatic heterocycles. The maximum Gasteiger partial charge on any atom is 0.238 e. The van der Waals surface area contributed by atoms with Gasteiger partial charge in [-0.1, -0.05) is 49.7 Å². The Kier molecular flexibility index (Phi) is 5.24. The minimum Gasteiger partial charge on any atom is -0.309 e. The third-order valence-corrected chi connectivity index (χ3v) is 6.29. The quantitative estimate of drug-likeness (QED) is 0.842. The Morgan fingerprint density at radius 3 is 2.50 bits per heavy atom. The van der Waals surface area contributed by atoms with E-state index in [1.54, 1.807) is 12.1 Å². The van der Waals surface area contributed by atoms with Crippen molar-refractivity contribution in [2.45, 2.75) is 56.4 Å². The van der Waals surface area contributed by atoms with E-state index in [1.165, 1.54) is 16.7 Å². The highest BCUT2D eigenvalue weighted by atomic mass is 32.2. The van der Waals surface area contributed by atoms with Crippen LogP contribution < -0.4 is 10.5 Å². The molecule has 3 rings (SSSR count). The first-order valence-electron chi connectivity index (χ1n) is 9.13. The molecule has 0 saturated heterocycles. The Hall–Kier alpha value is -1.69. The molecule has 4 nitrogen and oxygen atoms in total. The van der Waals surface area contributed by atoms with Gasteiger partial charge in [-0.05, 0) is 55.0 Å². The average Bonchev–Trinajstić information content (AvgIpc) is 2.59. The smallest absolute Gasteiger partial charge is 0.238 e. The van der Waals surface area contributed by atoms with Crippen LogP contribution in [0.4, 0.5) is 0 Å². The summed E-state index contributed by atoms with van der Waals surface area (Å²) < 4.78 is 23.4. The van der Waals surface area contributed by atoms with Crippen LogP contribution in [0, 0.1) is 6.92 Å². The summed E-state index contributed by atoms with van der Waals surface area (Å²) in [6.45, 7) is 7.38. The van der Waals surface area contributed by atoms with E-state index in [0.29, 0.717) is 0 Å². The fraction of sp³-hybridized carbons (Fsp3) is 0.429. The summed E-state index contributed by atoms with van der Waals surface area (Å²) in [6.07, 6.45) is 3.09. The highest BCUT2D eigenvalue weighted by Gasteiger charge is 2.26. The van der Waals surface area contributed by atoms with E-state index < -0.39 is 10.0 Å². The van der Waals surface area contributed by atoms with Gasteiger partial charge in [0, 0.05) is 18.0 Å². The highest BCUT2D eigenvalue weighted by molar-refractivity contribution is 7.89. The summed E-state index contributed by atoms with van der Waals surface area (Å²) >= 11 is 0. The normalized spacial score (nSPS) is 17.8. The van der Waals surface area contributed by atoms with E-state index in [1.807, 2.05) is 6.07 Å². The second-order valence-electron chi connectivity index (χ2n) is 7.98. The Bertz CT molecular complexity index is 887. The second-order valence-corrected chi connectivity index (χ2v) is 9.54. The Morgan fingerprint density at radius 2 is 1.85 bits per heavy atom. The standard InChI is InChI=1S/C21H28N2O2S/c1-15-7-10-17(11-8-15)21(2,3)14-23-20-6-4-5-16-9-12-18(13-19(16)20)26(22,24)25/h7-13,20,23H,4-6,14H2,1-3H3,(H2,22,24,25). The topological polar surface area (TPSA) is 72.2 Å². The Balaban J connectivity index is 1.80. The zero-order valence-electron chi connectivity index (χ0n) is 15.7. The molecule has 2 aromatic rings. The van der Waals surface area contributed by atoms with Gasteiger partial charge in [-0.3, -0.25) is 0 Å². The van der Waals surface area contributed by atoms with Crippen LogP contribution in [0.15, 0.2) is 47.4 Å². The van der Waals surface area contributed by atoms with E-state index in [2.05, 4.69) is 50.4 Å². The molecule has 3 N–H and O–H groups in total. The molecule has 0 heterocycles. The molecule has 0 spiro atoms. The first-order valence-corrected chi connectivity index (χ1v) is 10.7. The lowest BCUT2D eigenvalue weighted by molar-refractivity contribution is 0.392. The van der Waals surface area contributed by atoms with Crippen molar-refractivity contribution < 1.29 is 8.42 Å². The number of benzene rings is 2. The average molecular weight is 373 g/mol. The fourth-order valence-electron chi connectivity index (χ4n) is 3.65. The maximum atomic E-state index is 11.7. The molecule has 0 amide bonds. The van der Waals surface area contributed by atoms with Gasteiger partial charge in [0.15, 0.2) is 0 Å². The number of hydrogen-bond donors (Lipinski definition) is 2. The van der Waals surface area contributed by atoms with Gasteiger partial charge < -0.3 is 5.32 Å². The summed E-state index contributed by atoms with van der Waals surface area (Å²) in [5.41, 5.74) is 4.83. The van der Waals surface area contributed by atoms with Crippen molar-refractivity contribution in [3.8, 4) is 0 Å². The molecular weight excluding hydrogens is 344 g/mol. The number of aryl methyl sites for hydroxylation is 2. The number of sulfonamides is 1. The Morgan fingerprint density at radius 1 is 1.15 bits per heavy atom. The van der Waals surface area contributed by atoms with Gasteiger partial charge in [0.05, 0.1) is 4.90 Å². The van der Waals surface area contributed by atoms with Crippen LogP contribution in [0.1, 0.15) is 55.0 Å². The van der Waals surface area contributed by atoms with Crippen LogP contribution in [-0.4, -0.2) is 15.0 Å². The third kappa shape index (κ3) is 4.17. The van der Waals surface area contributed by atoms with Crippen molar-refractivity contribution in [1.82, 2.24) is 5.32 Å². The lowest BCUT2D eigenvalue weighted by atomic mass is 9.82. The number of nitrogens with two attached hydrogens (primary N) is 1. The molecule has 1 aliphatic carbocycles. The van der Waals surface area contributed by atoms with Gasteiger partial charge in [-0.25, -0.2) is 13.6 Å². The van der Waals surface area contributed by atoms with E-state index in [4.69, 9.17) is 5.14 Å². The van der Waals surface area contributed by atoms with Gasteiger partial charge in [0.1, 0.15) is 0 Å². The molecule has 0 aliphatic heterocycles. The molecule has 1 aliphatic rings. The predicted octanol–water partition coefficient (Wildman–Crippen LogP) is 3.59. The molecule has 0 bridgehead atoms. The van der Waals surface area contributed by atoms with Crippen LogP contribution in [0.3, 0.4) is 0 Å². The van der Waals surface area contributed by atoms with Crippen LogP contribution in [-0.2, 0) is 21.9 Å². The number of rotatable bonds is 5. The van der Waals surface area contributed by atoms with Crippen LogP contribution in [0.5, 0.6) is 0 Å². The second kappa shape index (κ2) is 7.14. The van der Waals surface area contributed by atoms with E-state index in [0.717, 1.165) is 31.4 Å². The molecule has 140 valence electrons. The third-order valence-electron chi connectivity index (χ3n) is 5.38. The van der Waals surface area contributed by atoms with Gasteiger partial charge >= 0.3 is 0 Å². The highest BCUT2D eigenvalue weighted by Crippen LogP contribution is 2.32. The maximum absolute atomic E-state index is 11.7. The van der Waals surface area contributed by atoms with Crippen molar-refractivity contribution in [3.05, 3.63) is 64.7 Å². The summed E-state index contributed by atoms with van der Waals surface area (Å²) in [6, 6.07) is 14.1.